The van der Waals surface area contributed by atoms with Crippen molar-refractivity contribution in [1.29, 1.82) is 0 Å². The quantitative estimate of drug-likeness (QED) is 0.634. The van der Waals surface area contributed by atoms with Gasteiger partial charge in [-0.05, 0) is 23.6 Å². The van der Waals surface area contributed by atoms with Crippen LogP contribution < -0.4 is 10.6 Å². The Hall–Kier alpha value is -2.83. The number of nitrogens with one attached hydrogen (secondary N) is 2. The number of guanidine groups is 1. The highest BCUT2D eigenvalue weighted by Crippen LogP contribution is 2.18. The van der Waals surface area contributed by atoms with Gasteiger partial charge in [0.15, 0.2) is 5.96 Å². The van der Waals surface area contributed by atoms with Crippen LogP contribution in [0.1, 0.15) is 16.8 Å². The highest BCUT2D eigenvalue weighted by atomic mass is 16.2. The Kier molecular flexibility index (Phi) is 5.33. The van der Waals surface area contributed by atoms with Crippen LogP contribution in [0.25, 0.3) is 0 Å². The zero-order valence-corrected chi connectivity index (χ0v) is 14.7. The lowest BCUT2D eigenvalue weighted by Gasteiger charge is -2.29. The van der Waals surface area contributed by atoms with Crippen LogP contribution in [0, 0.1) is 0 Å². The first-order valence-corrected chi connectivity index (χ1v) is 8.43. The maximum absolute atomic E-state index is 12.5. The van der Waals surface area contributed by atoms with Crippen molar-refractivity contribution in [3.8, 4) is 0 Å². The first kappa shape index (κ1) is 17.0. The molecule has 0 saturated heterocycles. The number of carbonyl (C=O) groups excluding carboxylic acids is 1. The standard InChI is InChI=1S/C18H24N6O/c1-19-18(20-11-16-7-9-22-23(16)2)21-12-17(25)24-10-8-14-5-3-4-6-15(14)13-24/h3-7,9H,8,10-13H2,1-2H3,(H2,19,20,21). The van der Waals surface area contributed by atoms with E-state index in [1.54, 1.807) is 17.9 Å². The van der Waals surface area contributed by atoms with Crippen molar-refractivity contribution in [3.63, 3.8) is 0 Å². The Morgan fingerprint density at radius 2 is 2.04 bits per heavy atom. The van der Waals surface area contributed by atoms with E-state index in [4.69, 9.17) is 0 Å². The summed E-state index contributed by atoms with van der Waals surface area (Å²) >= 11 is 0. The summed E-state index contributed by atoms with van der Waals surface area (Å²) in [4.78, 5) is 18.5. The summed E-state index contributed by atoms with van der Waals surface area (Å²) in [5.74, 6) is 0.685. The van der Waals surface area contributed by atoms with Gasteiger partial charge in [-0.2, -0.15) is 5.10 Å². The molecule has 0 bridgehead atoms. The third-order valence-electron chi connectivity index (χ3n) is 4.47. The minimum Gasteiger partial charge on any atom is -0.351 e. The molecule has 0 radical (unpaired) electrons. The first-order chi connectivity index (χ1) is 12.2. The predicted octanol–water partition coefficient (Wildman–Crippen LogP) is 0.670. The SMILES string of the molecule is CN=C(NCC(=O)N1CCc2ccccc2C1)NCc1ccnn1C. The smallest absolute Gasteiger partial charge is 0.242 e. The minimum absolute atomic E-state index is 0.0815. The summed E-state index contributed by atoms with van der Waals surface area (Å²) in [5.41, 5.74) is 3.62. The molecule has 1 aliphatic heterocycles. The molecule has 0 unspecified atom stereocenters. The number of fused-ring (bicyclic) bond motifs is 1. The summed E-state index contributed by atoms with van der Waals surface area (Å²) in [5, 5.41) is 10.4. The molecule has 0 fully saturated rings. The molecule has 0 aliphatic carbocycles. The molecule has 1 aromatic heterocycles. The van der Waals surface area contributed by atoms with Gasteiger partial charge in [0.2, 0.25) is 5.91 Å². The summed E-state index contributed by atoms with van der Waals surface area (Å²) in [7, 11) is 3.59. The van der Waals surface area contributed by atoms with Gasteiger partial charge >= 0.3 is 0 Å². The van der Waals surface area contributed by atoms with Crippen molar-refractivity contribution < 1.29 is 4.79 Å². The molecule has 7 nitrogen and oxygen atoms in total. The van der Waals surface area contributed by atoms with Crippen LogP contribution in [0.15, 0.2) is 41.5 Å². The molecule has 3 rings (SSSR count). The van der Waals surface area contributed by atoms with Gasteiger partial charge in [-0.25, -0.2) is 0 Å². The summed E-state index contributed by atoms with van der Waals surface area (Å²) in [6.45, 7) is 2.27. The maximum atomic E-state index is 12.5. The fourth-order valence-electron chi connectivity index (χ4n) is 2.95. The van der Waals surface area contributed by atoms with E-state index in [9.17, 15) is 4.79 Å². The number of aromatic nitrogens is 2. The molecule has 132 valence electrons. The molecule has 7 heteroatoms. The van der Waals surface area contributed by atoms with Crippen LogP contribution in [0.4, 0.5) is 0 Å². The zero-order chi connectivity index (χ0) is 17.6. The van der Waals surface area contributed by atoms with Crippen LogP contribution in [0.2, 0.25) is 0 Å². The Labute approximate surface area is 147 Å². The van der Waals surface area contributed by atoms with Crippen molar-refractivity contribution in [2.75, 3.05) is 20.1 Å². The number of nitrogens with zero attached hydrogens (tertiary/aromatic N) is 4. The number of carbonyl (C=O) groups is 1. The average Bonchev–Trinajstić information content (AvgIpc) is 3.06. The van der Waals surface area contributed by atoms with Crippen LogP contribution >= 0.6 is 0 Å². The molecule has 1 aliphatic rings. The fourth-order valence-corrected chi connectivity index (χ4v) is 2.95. The van der Waals surface area contributed by atoms with Gasteiger partial charge in [-0.15, -0.1) is 0 Å². The summed E-state index contributed by atoms with van der Waals surface area (Å²) in [6, 6.07) is 10.2. The van der Waals surface area contributed by atoms with E-state index in [1.807, 2.05) is 24.1 Å². The second kappa shape index (κ2) is 7.83. The Morgan fingerprint density at radius 3 is 2.76 bits per heavy atom. The fraction of sp³-hybridized carbons (Fsp3) is 0.389. The normalized spacial score (nSPS) is 14.2. The molecule has 1 amide bonds. The van der Waals surface area contributed by atoms with E-state index in [0.717, 1.165) is 18.7 Å². The number of hydrogen-bond acceptors (Lipinski definition) is 3. The third-order valence-corrected chi connectivity index (χ3v) is 4.47. The highest BCUT2D eigenvalue weighted by Gasteiger charge is 2.20. The molecule has 2 heterocycles. The molecule has 1 aromatic carbocycles. The van der Waals surface area contributed by atoms with Crippen molar-refractivity contribution in [3.05, 3.63) is 53.3 Å². The molecule has 0 saturated carbocycles. The number of amides is 1. The van der Waals surface area contributed by atoms with Gasteiger partial charge in [-0.1, -0.05) is 24.3 Å². The average molecular weight is 340 g/mol. The number of rotatable bonds is 4. The predicted molar refractivity (Wildman–Crippen MR) is 97.0 cm³/mol. The van der Waals surface area contributed by atoms with E-state index in [2.05, 4.69) is 38.9 Å². The number of benzene rings is 1. The van der Waals surface area contributed by atoms with Crippen LogP contribution in [0.5, 0.6) is 0 Å². The van der Waals surface area contributed by atoms with Gasteiger partial charge < -0.3 is 15.5 Å². The number of hydrogen-bond donors (Lipinski definition) is 2. The summed E-state index contributed by atoms with van der Waals surface area (Å²) < 4.78 is 1.80. The van der Waals surface area contributed by atoms with Gasteiger partial charge in [0, 0.05) is 33.4 Å². The van der Waals surface area contributed by atoms with Gasteiger partial charge in [0.05, 0.1) is 18.8 Å². The molecule has 0 spiro atoms. The van der Waals surface area contributed by atoms with Crippen molar-refractivity contribution in [2.45, 2.75) is 19.5 Å². The monoisotopic (exact) mass is 340 g/mol. The van der Waals surface area contributed by atoms with Gasteiger partial charge in [0.25, 0.3) is 0 Å². The van der Waals surface area contributed by atoms with E-state index in [-0.39, 0.29) is 12.5 Å². The summed E-state index contributed by atoms with van der Waals surface area (Å²) in [6.07, 6.45) is 2.67. The molecule has 0 atom stereocenters. The van der Waals surface area contributed by atoms with E-state index in [1.165, 1.54) is 11.1 Å². The van der Waals surface area contributed by atoms with Gasteiger partial charge in [-0.3, -0.25) is 14.5 Å². The Morgan fingerprint density at radius 1 is 1.24 bits per heavy atom. The lowest BCUT2D eigenvalue weighted by atomic mass is 10.00. The molecule has 2 aromatic rings. The van der Waals surface area contributed by atoms with Crippen molar-refractivity contribution >= 4 is 11.9 Å². The molecule has 25 heavy (non-hydrogen) atoms. The van der Waals surface area contributed by atoms with E-state index < -0.39 is 0 Å². The third kappa shape index (κ3) is 4.17. The Bertz CT molecular complexity index is 766. The Balaban J connectivity index is 1.49. The topological polar surface area (TPSA) is 74.6 Å². The van der Waals surface area contributed by atoms with Crippen LogP contribution in [-0.2, 0) is 31.4 Å². The van der Waals surface area contributed by atoms with E-state index in [0.29, 0.717) is 19.0 Å². The first-order valence-electron chi connectivity index (χ1n) is 8.43. The second-order valence-electron chi connectivity index (χ2n) is 6.06. The lowest BCUT2D eigenvalue weighted by molar-refractivity contribution is -0.130. The zero-order valence-electron chi connectivity index (χ0n) is 14.7. The number of aryl methyl sites for hydroxylation is 1. The maximum Gasteiger partial charge on any atom is 0.242 e. The van der Waals surface area contributed by atoms with Crippen molar-refractivity contribution in [1.82, 2.24) is 25.3 Å². The lowest BCUT2D eigenvalue weighted by Crippen LogP contribution is -2.45. The minimum atomic E-state index is 0.0815. The van der Waals surface area contributed by atoms with Crippen molar-refractivity contribution in [2.24, 2.45) is 12.0 Å². The molecular formula is C18H24N6O. The van der Waals surface area contributed by atoms with E-state index >= 15 is 0 Å². The van der Waals surface area contributed by atoms with Crippen LogP contribution in [-0.4, -0.2) is 46.7 Å². The molecule has 2 N–H and O–H groups in total. The highest BCUT2D eigenvalue weighted by molar-refractivity contribution is 5.86. The molecular weight excluding hydrogens is 316 g/mol. The van der Waals surface area contributed by atoms with Gasteiger partial charge in [0.1, 0.15) is 0 Å². The van der Waals surface area contributed by atoms with Crippen LogP contribution in [0.3, 0.4) is 0 Å². The largest absolute Gasteiger partial charge is 0.351 e. The number of aliphatic imine (C=N–C) groups is 1. The second-order valence-corrected chi connectivity index (χ2v) is 6.06.